The van der Waals surface area contributed by atoms with E-state index in [0.717, 1.165) is 25.7 Å². The average Bonchev–Trinajstić information content (AvgIpc) is 3.15. The molecular formula is C19H27N5O4. The van der Waals surface area contributed by atoms with E-state index in [1.165, 1.54) is 18.6 Å². The van der Waals surface area contributed by atoms with Crippen molar-refractivity contribution >= 4 is 17.7 Å². The molecule has 0 saturated carbocycles. The van der Waals surface area contributed by atoms with Crippen LogP contribution in [0.4, 0.5) is 0 Å². The van der Waals surface area contributed by atoms with Gasteiger partial charge in [-0.2, -0.15) is 0 Å². The zero-order chi connectivity index (χ0) is 19.8. The highest BCUT2D eigenvalue weighted by atomic mass is 16.5. The molecule has 2 N–H and O–H groups in total. The smallest absolute Gasteiger partial charge is 0.274 e. The summed E-state index contributed by atoms with van der Waals surface area (Å²) >= 11 is 0. The Labute approximate surface area is 164 Å². The molecule has 0 bridgehead atoms. The number of hydrogen-bond donors (Lipinski definition) is 2. The summed E-state index contributed by atoms with van der Waals surface area (Å²) in [5.41, 5.74) is 0.240. The lowest BCUT2D eigenvalue weighted by molar-refractivity contribution is -0.129. The average molecular weight is 389 g/mol. The molecule has 2 fully saturated rings. The van der Waals surface area contributed by atoms with Crippen LogP contribution in [0.25, 0.3) is 0 Å². The van der Waals surface area contributed by atoms with E-state index in [-0.39, 0.29) is 42.5 Å². The lowest BCUT2D eigenvalue weighted by Gasteiger charge is -2.25. The van der Waals surface area contributed by atoms with Gasteiger partial charge in [0.1, 0.15) is 11.7 Å². The molecule has 9 nitrogen and oxygen atoms in total. The van der Waals surface area contributed by atoms with Gasteiger partial charge in [0.15, 0.2) is 0 Å². The molecule has 2 aliphatic heterocycles. The Morgan fingerprint density at radius 2 is 2.14 bits per heavy atom. The lowest BCUT2D eigenvalue weighted by atomic mass is 10.1. The molecule has 28 heavy (non-hydrogen) atoms. The zero-order valence-electron chi connectivity index (χ0n) is 15.9. The monoisotopic (exact) mass is 389 g/mol. The molecule has 152 valence electrons. The number of rotatable bonds is 7. The van der Waals surface area contributed by atoms with Gasteiger partial charge in [-0.25, -0.2) is 4.98 Å². The second-order valence-corrected chi connectivity index (χ2v) is 7.13. The molecule has 3 heterocycles. The number of carbonyl (C=O) groups is 3. The van der Waals surface area contributed by atoms with E-state index < -0.39 is 6.04 Å². The van der Waals surface area contributed by atoms with E-state index in [1.54, 1.807) is 4.90 Å². The van der Waals surface area contributed by atoms with E-state index in [4.69, 9.17) is 4.74 Å². The first-order chi connectivity index (χ1) is 13.6. The van der Waals surface area contributed by atoms with Gasteiger partial charge >= 0.3 is 0 Å². The molecule has 2 aliphatic rings. The highest BCUT2D eigenvalue weighted by molar-refractivity contribution is 5.92. The summed E-state index contributed by atoms with van der Waals surface area (Å²) in [6.07, 6.45) is 8.77. The highest BCUT2D eigenvalue weighted by Crippen LogP contribution is 2.15. The molecule has 1 aromatic rings. The second-order valence-electron chi connectivity index (χ2n) is 7.13. The van der Waals surface area contributed by atoms with E-state index in [9.17, 15) is 14.4 Å². The Morgan fingerprint density at radius 1 is 1.25 bits per heavy atom. The first-order valence-electron chi connectivity index (χ1n) is 9.87. The molecule has 2 atom stereocenters. The summed E-state index contributed by atoms with van der Waals surface area (Å²) in [4.78, 5) is 46.8. The molecule has 9 heteroatoms. The summed E-state index contributed by atoms with van der Waals surface area (Å²) in [6, 6.07) is -0.502. The summed E-state index contributed by atoms with van der Waals surface area (Å²) in [5.74, 6) is -0.660. The quantitative estimate of drug-likeness (QED) is 0.692. The van der Waals surface area contributed by atoms with Crippen LogP contribution in [0.5, 0.6) is 0 Å². The van der Waals surface area contributed by atoms with Crippen molar-refractivity contribution in [1.29, 1.82) is 0 Å². The Kier molecular flexibility index (Phi) is 7.30. The second kappa shape index (κ2) is 10.1. The molecule has 0 aromatic carbocycles. The van der Waals surface area contributed by atoms with Crippen molar-refractivity contribution in [2.45, 2.75) is 50.7 Å². The fourth-order valence-corrected chi connectivity index (χ4v) is 3.46. The Hall–Kier alpha value is -2.55. The van der Waals surface area contributed by atoms with Gasteiger partial charge in [0, 0.05) is 45.1 Å². The zero-order valence-corrected chi connectivity index (χ0v) is 15.9. The number of hydrogen-bond acceptors (Lipinski definition) is 6. The van der Waals surface area contributed by atoms with Gasteiger partial charge < -0.3 is 20.3 Å². The van der Waals surface area contributed by atoms with Crippen LogP contribution in [0.1, 0.15) is 49.0 Å². The van der Waals surface area contributed by atoms with Crippen molar-refractivity contribution in [2.24, 2.45) is 0 Å². The van der Waals surface area contributed by atoms with E-state index in [0.29, 0.717) is 26.1 Å². The van der Waals surface area contributed by atoms with Crippen LogP contribution in [-0.4, -0.2) is 71.0 Å². The number of nitrogens with zero attached hydrogens (tertiary/aromatic N) is 3. The maximum Gasteiger partial charge on any atom is 0.274 e. The van der Waals surface area contributed by atoms with E-state index >= 15 is 0 Å². The lowest BCUT2D eigenvalue weighted by Crippen LogP contribution is -2.46. The maximum atomic E-state index is 12.8. The Bertz CT molecular complexity index is 678. The highest BCUT2D eigenvalue weighted by Gasteiger charge is 2.26. The Morgan fingerprint density at radius 3 is 2.89 bits per heavy atom. The topological polar surface area (TPSA) is 114 Å². The number of ether oxygens (including phenoxy) is 1. The van der Waals surface area contributed by atoms with Gasteiger partial charge in [0.2, 0.25) is 11.8 Å². The molecule has 0 radical (unpaired) electrons. The van der Waals surface area contributed by atoms with Crippen LogP contribution in [0.3, 0.4) is 0 Å². The standard InChI is InChI=1S/C19H27N5O4/c25-17(23-15-5-1-2-7-22-18(15)26)6-10-24(13-14-4-3-11-28-14)19(27)16-12-20-8-9-21-16/h8-9,12,14-15H,1-7,10-11,13H2,(H,22,26)(H,23,25). The van der Waals surface area contributed by atoms with Crippen LogP contribution >= 0.6 is 0 Å². The van der Waals surface area contributed by atoms with E-state index in [2.05, 4.69) is 20.6 Å². The van der Waals surface area contributed by atoms with Crippen LogP contribution in [0.2, 0.25) is 0 Å². The summed E-state index contributed by atoms with van der Waals surface area (Å²) in [5, 5.41) is 5.59. The predicted octanol–water partition coefficient (Wildman–Crippen LogP) is 0.273. The Balaban J connectivity index is 1.57. The van der Waals surface area contributed by atoms with Crippen LogP contribution in [0.15, 0.2) is 18.6 Å². The van der Waals surface area contributed by atoms with Gasteiger partial charge in [-0.15, -0.1) is 0 Å². The number of nitrogens with one attached hydrogen (secondary N) is 2. The molecule has 0 spiro atoms. The number of amides is 3. The summed E-state index contributed by atoms with van der Waals surface area (Å²) < 4.78 is 5.64. The van der Waals surface area contributed by atoms with Crippen molar-refractivity contribution in [3.63, 3.8) is 0 Å². The molecule has 2 saturated heterocycles. The molecule has 3 rings (SSSR count). The summed E-state index contributed by atoms with van der Waals surface area (Å²) in [6.45, 7) is 1.98. The van der Waals surface area contributed by atoms with Crippen molar-refractivity contribution in [3.05, 3.63) is 24.3 Å². The third-order valence-electron chi connectivity index (χ3n) is 5.00. The minimum Gasteiger partial charge on any atom is -0.376 e. The third-order valence-corrected chi connectivity index (χ3v) is 5.00. The maximum absolute atomic E-state index is 12.8. The van der Waals surface area contributed by atoms with E-state index in [1.807, 2.05) is 0 Å². The molecule has 1 aromatic heterocycles. The SMILES string of the molecule is O=C(CCN(CC1CCCO1)C(=O)c1cnccn1)NC1CCCCNC1=O. The van der Waals surface area contributed by atoms with Crippen molar-refractivity contribution in [3.8, 4) is 0 Å². The molecule has 2 unspecified atom stereocenters. The molecule has 3 amide bonds. The van der Waals surface area contributed by atoms with Gasteiger partial charge in [-0.05, 0) is 32.1 Å². The molecular weight excluding hydrogens is 362 g/mol. The van der Waals surface area contributed by atoms with Gasteiger partial charge in [-0.3, -0.25) is 19.4 Å². The predicted molar refractivity (Wildman–Crippen MR) is 100 cm³/mol. The van der Waals surface area contributed by atoms with Gasteiger partial charge in [0.05, 0.1) is 12.3 Å². The fourth-order valence-electron chi connectivity index (χ4n) is 3.46. The minimum absolute atomic E-state index is 0.0312. The number of aromatic nitrogens is 2. The fraction of sp³-hybridized carbons (Fsp3) is 0.632. The normalized spacial score (nSPS) is 22.2. The summed E-state index contributed by atoms with van der Waals surface area (Å²) in [7, 11) is 0. The molecule has 0 aliphatic carbocycles. The minimum atomic E-state index is -0.502. The van der Waals surface area contributed by atoms with Crippen molar-refractivity contribution in [1.82, 2.24) is 25.5 Å². The first-order valence-corrected chi connectivity index (χ1v) is 9.87. The third kappa shape index (κ3) is 5.72. The van der Waals surface area contributed by atoms with Gasteiger partial charge in [-0.1, -0.05) is 0 Å². The van der Waals surface area contributed by atoms with Crippen LogP contribution in [0, 0.1) is 0 Å². The van der Waals surface area contributed by atoms with Gasteiger partial charge in [0.25, 0.3) is 5.91 Å². The largest absolute Gasteiger partial charge is 0.376 e. The van der Waals surface area contributed by atoms with Crippen LogP contribution < -0.4 is 10.6 Å². The van der Waals surface area contributed by atoms with Crippen LogP contribution in [-0.2, 0) is 14.3 Å². The van der Waals surface area contributed by atoms with Crippen molar-refractivity contribution < 1.29 is 19.1 Å². The first kappa shape index (κ1) is 20.2. The van der Waals surface area contributed by atoms with Crippen molar-refractivity contribution in [2.75, 3.05) is 26.2 Å². The number of carbonyl (C=O) groups excluding carboxylic acids is 3.